The van der Waals surface area contributed by atoms with Crippen LogP contribution in [0.3, 0.4) is 0 Å². The van der Waals surface area contributed by atoms with Gasteiger partial charge in [0.2, 0.25) is 0 Å². The van der Waals surface area contributed by atoms with Crippen LogP contribution in [0, 0.1) is 5.92 Å². The molecule has 1 unspecified atom stereocenters. The lowest BCUT2D eigenvalue weighted by molar-refractivity contribution is 0.0415. The van der Waals surface area contributed by atoms with Crippen molar-refractivity contribution in [3.05, 3.63) is 0 Å². The summed E-state index contributed by atoms with van der Waals surface area (Å²) in [5.41, 5.74) is 5.73. The third-order valence-corrected chi connectivity index (χ3v) is 2.39. The standard InChI is InChI=1S/C8H17NO/c1-10-8(9)7-5-3-2-4-6-7/h7-8H,2-6,9H2,1H3. The highest BCUT2D eigenvalue weighted by molar-refractivity contribution is 4.69. The highest BCUT2D eigenvalue weighted by Gasteiger charge is 2.19. The van der Waals surface area contributed by atoms with Crippen molar-refractivity contribution in [1.82, 2.24) is 0 Å². The number of rotatable bonds is 2. The molecule has 0 spiro atoms. The smallest absolute Gasteiger partial charge is 0.108 e. The Labute approximate surface area is 62.7 Å². The number of nitrogens with two attached hydrogens (primary N) is 1. The van der Waals surface area contributed by atoms with Crippen LogP contribution in [-0.2, 0) is 4.74 Å². The summed E-state index contributed by atoms with van der Waals surface area (Å²) in [5, 5.41) is 0. The van der Waals surface area contributed by atoms with Crippen LogP contribution in [0.5, 0.6) is 0 Å². The number of hydrogen-bond donors (Lipinski definition) is 1. The minimum absolute atomic E-state index is 0.0136. The lowest BCUT2D eigenvalue weighted by Gasteiger charge is -2.25. The van der Waals surface area contributed by atoms with Crippen LogP contribution < -0.4 is 5.73 Å². The molecule has 1 atom stereocenters. The van der Waals surface area contributed by atoms with Crippen LogP contribution in [0.2, 0.25) is 0 Å². The molecule has 2 nitrogen and oxygen atoms in total. The van der Waals surface area contributed by atoms with Crippen molar-refractivity contribution in [3.8, 4) is 0 Å². The first-order valence-electron chi connectivity index (χ1n) is 4.13. The summed E-state index contributed by atoms with van der Waals surface area (Å²) in [4.78, 5) is 0. The van der Waals surface area contributed by atoms with Crippen LogP contribution in [0.1, 0.15) is 32.1 Å². The van der Waals surface area contributed by atoms with Gasteiger partial charge in [-0.3, -0.25) is 0 Å². The molecule has 0 amide bonds. The van der Waals surface area contributed by atoms with Gasteiger partial charge in [-0.25, -0.2) is 0 Å². The van der Waals surface area contributed by atoms with Gasteiger partial charge in [-0.2, -0.15) is 0 Å². The largest absolute Gasteiger partial charge is 0.367 e. The summed E-state index contributed by atoms with van der Waals surface area (Å²) in [5.74, 6) is 0.624. The lowest BCUT2D eigenvalue weighted by Crippen LogP contribution is -2.33. The molecule has 2 heteroatoms. The van der Waals surface area contributed by atoms with E-state index < -0.39 is 0 Å². The average Bonchev–Trinajstić information content (AvgIpc) is 2.05. The molecule has 60 valence electrons. The average molecular weight is 143 g/mol. The molecule has 1 saturated carbocycles. The van der Waals surface area contributed by atoms with Crippen molar-refractivity contribution < 1.29 is 4.74 Å². The minimum atomic E-state index is -0.0136. The molecule has 1 aliphatic carbocycles. The lowest BCUT2D eigenvalue weighted by atomic mass is 9.88. The maximum absolute atomic E-state index is 5.73. The summed E-state index contributed by atoms with van der Waals surface area (Å²) in [6.45, 7) is 0. The fourth-order valence-electron chi connectivity index (χ4n) is 1.66. The predicted octanol–water partition coefficient (Wildman–Crippen LogP) is 1.50. The molecule has 1 fully saturated rings. The molecule has 1 rings (SSSR count). The third-order valence-electron chi connectivity index (χ3n) is 2.39. The summed E-state index contributed by atoms with van der Waals surface area (Å²) >= 11 is 0. The van der Waals surface area contributed by atoms with Crippen molar-refractivity contribution in [1.29, 1.82) is 0 Å². The molecule has 0 aromatic heterocycles. The molecule has 0 saturated heterocycles. The summed E-state index contributed by atoms with van der Waals surface area (Å²) in [6, 6.07) is 0. The molecule has 0 heterocycles. The van der Waals surface area contributed by atoms with E-state index in [-0.39, 0.29) is 6.23 Å². The number of ether oxygens (including phenoxy) is 1. The quantitative estimate of drug-likeness (QED) is 0.594. The molecule has 0 aromatic rings. The topological polar surface area (TPSA) is 35.2 Å². The molecule has 0 aromatic carbocycles. The Balaban J connectivity index is 2.24. The summed E-state index contributed by atoms with van der Waals surface area (Å²) < 4.78 is 5.07. The second-order valence-electron chi connectivity index (χ2n) is 3.10. The zero-order valence-corrected chi connectivity index (χ0v) is 6.68. The van der Waals surface area contributed by atoms with Crippen LogP contribution in [0.15, 0.2) is 0 Å². The van der Waals surface area contributed by atoms with E-state index in [2.05, 4.69) is 0 Å². The van der Waals surface area contributed by atoms with Gasteiger partial charge in [0.1, 0.15) is 6.23 Å². The Bertz CT molecular complexity index is 89.3. The van der Waals surface area contributed by atoms with Gasteiger partial charge in [-0.1, -0.05) is 19.3 Å². The maximum atomic E-state index is 5.73. The first-order valence-corrected chi connectivity index (χ1v) is 4.13. The predicted molar refractivity (Wildman–Crippen MR) is 41.6 cm³/mol. The van der Waals surface area contributed by atoms with Crippen LogP contribution in [0.25, 0.3) is 0 Å². The highest BCUT2D eigenvalue weighted by Crippen LogP contribution is 2.25. The van der Waals surface area contributed by atoms with E-state index in [4.69, 9.17) is 10.5 Å². The zero-order chi connectivity index (χ0) is 7.40. The number of methoxy groups -OCH3 is 1. The summed E-state index contributed by atoms with van der Waals surface area (Å²) in [7, 11) is 1.69. The molecule has 2 N–H and O–H groups in total. The molecule has 0 bridgehead atoms. The molecule has 0 aliphatic heterocycles. The van der Waals surface area contributed by atoms with E-state index in [9.17, 15) is 0 Å². The molecule has 1 aliphatic rings. The third kappa shape index (κ3) is 1.96. The first-order chi connectivity index (χ1) is 4.84. The Kier molecular flexibility index (Phi) is 3.16. The van der Waals surface area contributed by atoms with Crippen molar-refractivity contribution >= 4 is 0 Å². The highest BCUT2D eigenvalue weighted by atomic mass is 16.5. The zero-order valence-electron chi connectivity index (χ0n) is 6.68. The normalized spacial score (nSPS) is 24.6. The first kappa shape index (κ1) is 8.02. The van der Waals surface area contributed by atoms with E-state index in [1.54, 1.807) is 7.11 Å². The molecule has 0 radical (unpaired) electrons. The summed E-state index contributed by atoms with van der Waals surface area (Å²) in [6.07, 6.45) is 6.56. The Morgan fingerprint density at radius 2 is 1.90 bits per heavy atom. The van der Waals surface area contributed by atoms with Crippen LogP contribution in [0.4, 0.5) is 0 Å². The second kappa shape index (κ2) is 3.94. The Hall–Kier alpha value is -0.0800. The Morgan fingerprint density at radius 3 is 2.40 bits per heavy atom. The second-order valence-corrected chi connectivity index (χ2v) is 3.10. The molecule has 10 heavy (non-hydrogen) atoms. The van der Waals surface area contributed by atoms with Gasteiger partial charge in [0.25, 0.3) is 0 Å². The van der Waals surface area contributed by atoms with Crippen molar-refractivity contribution in [2.45, 2.75) is 38.3 Å². The van der Waals surface area contributed by atoms with Crippen molar-refractivity contribution in [2.24, 2.45) is 11.7 Å². The van der Waals surface area contributed by atoms with Crippen molar-refractivity contribution in [2.75, 3.05) is 7.11 Å². The van der Waals surface area contributed by atoms with E-state index in [1.165, 1.54) is 32.1 Å². The van der Waals surface area contributed by atoms with Gasteiger partial charge >= 0.3 is 0 Å². The van der Waals surface area contributed by atoms with Gasteiger partial charge in [0.15, 0.2) is 0 Å². The van der Waals surface area contributed by atoms with E-state index in [0.29, 0.717) is 5.92 Å². The van der Waals surface area contributed by atoms with E-state index >= 15 is 0 Å². The van der Waals surface area contributed by atoms with Gasteiger partial charge in [-0.15, -0.1) is 0 Å². The Morgan fingerprint density at radius 1 is 1.30 bits per heavy atom. The fraction of sp³-hybridized carbons (Fsp3) is 1.00. The van der Waals surface area contributed by atoms with E-state index in [0.717, 1.165) is 0 Å². The molecular formula is C8H17NO. The van der Waals surface area contributed by atoms with Gasteiger partial charge in [0.05, 0.1) is 0 Å². The van der Waals surface area contributed by atoms with Crippen LogP contribution >= 0.6 is 0 Å². The fourth-order valence-corrected chi connectivity index (χ4v) is 1.66. The van der Waals surface area contributed by atoms with Gasteiger partial charge in [0, 0.05) is 7.11 Å². The molecular weight excluding hydrogens is 126 g/mol. The monoisotopic (exact) mass is 143 g/mol. The SMILES string of the molecule is COC(N)C1CCCCC1. The van der Waals surface area contributed by atoms with E-state index in [1.807, 2.05) is 0 Å². The van der Waals surface area contributed by atoms with Crippen molar-refractivity contribution in [3.63, 3.8) is 0 Å². The number of hydrogen-bond acceptors (Lipinski definition) is 2. The minimum Gasteiger partial charge on any atom is -0.367 e. The van der Waals surface area contributed by atoms with Gasteiger partial charge < -0.3 is 10.5 Å². The van der Waals surface area contributed by atoms with Gasteiger partial charge in [-0.05, 0) is 18.8 Å². The van der Waals surface area contributed by atoms with Crippen LogP contribution in [-0.4, -0.2) is 13.3 Å². The maximum Gasteiger partial charge on any atom is 0.108 e.